The van der Waals surface area contributed by atoms with E-state index in [1.807, 2.05) is 24.3 Å². The van der Waals surface area contributed by atoms with Crippen molar-refractivity contribution < 1.29 is 18.7 Å². The molecule has 1 unspecified atom stereocenters. The van der Waals surface area contributed by atoms with Crippen LogP contribution in [-0.2, 0) is 16.1 Å². The molecule has 0 saturated carbocycles. The molecule has 0 saturated heterocycles. The van der Waals surface area contributed by atoms with Crippen molar-refractivity contribution in [2.45, 2.75) is 0 Å². The van der Waals surface area contributed by atoms with Crippen molar-refractivity contribution in [3.05, 3.63) is 24.3 Å². The van der Waals surface area contributed by atoms with Crippen molar-refractivity contribution in [2.75, 3.05) is 23.9 Å². The number of aliphatic carboxylic acids is 1. The second-order valence-corrected chi connectivity index (χ2v) is 5.78. The van der Waals surface area contributed by atoms with Crippen molar-refractivity contribution >= 4 is 43.9 Å². The summed E-state index contributed by atoms with van der Waals surface area (Å²) in [5, 5.41) is 11.6. The third kappa shape index (κ3) is 3.73. The van der Waals surface area contributed by atoms with Gasteiger partial charge in [0.2, 0.25) is 0 Å². The Morgan fingerprint density at radius 3 is 2.85 bits per heavy atom. The molecule has 0 bridgehead atoms. The maximum Gasteiger partial charge on any atom is 0.317 e. The number of carbonyl (C=O) groups is 1. The van der Waals surface area contributed by atoms with Gasteiger partial charge in [0.15, 0.2) is 5.13 Å². The summed E-state index contributed by atoms with van der Waals surface area (Å²) in [6.07, 6.45) is 0. The third-order valence-corrected chi connectivity index (χ3v) is 4.36. The normalized spacial score (nSPS) is 12.4. The Hall–Kier alpha value is -1.55. The van der Waals surface area contributed by atoms with E-state index in [1.165, 1.54) is 15.6 Å². The standard InChI is InChI=1S/C11H13N3O4S2/c15-10(16)7-12-5-6-14(20(17)18)11-13-8-3-1-2-4-9(8)19-11/h1-4,12H,5-7H2,(H,15,16)(H,17,18). The van der Waals surface area contributed by atoms with Gasteiger partial charge in [-0.2, -0.15) is 0 Å². The minimum absolute atomic E-state index is 0.189. The van der Waals surface area contributed by atoms with Gasteiger partial charge in [-0.3, -0.25) is 9.35 Å². The molecule has 0 aliphatic heterocycles. The summed E-state index contributed by atoms with van der Waals surface area (Å²) in [7, 11) is 0. The fraction of sp³-hybridized carbons (Fsp3) is 0.273. The molecule has 0 amide bonds. The molecule has 1 aromatic heterocycles. The lowest BCUT2D eigenvalue weighted by Crippen LogP contribution is -2.35. The first-order valence-corrected chi connectivity index (χ1v) is 7.62. The highest BCUT2D eigenvalue weighted by Gasteiger charge is 2.16. The zero-order valence-electron chi connectivity index (χ0n) is 10.4. The van der Waals surface area contributed by atoms with Crippen LogP contribution in [0.1, 0.15) is 0 Å². The molecular weight excluding hydrogens is 302 g/mol. The number of benzene rings is 1. The Labute approximate surface area is 121 Å². The summed E-state index contributed by atoms with van der Waals surface area (Å²) in [5.74, 6) is -0.971. The van der Waals surface area contributed by atoms with E-state index in [9.17, 15) is 13.6 Å². The van der Waals surface area contributed by atoms with Crippen molar-refractivity contribution in [1.29, 1.82) is 0 Å². The summed E-state index contributed by atoms with van der Waals surface area (Å²) >= 11 is -0.886. The summed E-state index contributed by atoms with van der Waals surface area (Å²) in [4.78, 5) is 14.7. The number of nitrogens with zero attached hydrogens (tertiary/aromatic N) is 2. The minimum atomic E-state index is -2.20. The van der Waals surface area contributed by atoms with Crippen LogP contribution in [0.3, 0.4) is 0 Å². The van der Waals surface area contributed by atoms with E-state index in [2.05, 4.69) is 10.3 Å². The highest BCUT2D eigenvalue weighted by Crippen LogP contribution is 2.28. The quantitative estimate of drug-likeness (QED) is 0.518. The molecule has 20 heavy (non-hydrogen) atoms. The number of hydrogen-bond acceptors (Lipinski definition) is 5. The zero-order valence-corrected chi connectivity index (χ0v) is 12.0. The molecule has 9 heteroatoms. The van der Waals surface area contributed by atoms with Crippen molar-refractivity contribution in [3.63, 3.8) is 0 Å². The molecule has 1 atom stereocenters. The number of carboxylic acid groups (broad SMARTS) is 1. The van der Waals surface area contributed by atoms with Crippen LogP contribution < -0.4 is 9.62 Å². The lowest BCUT2D eigenvalue weighted by molar-refractivity contribution is -0.135. The van der Waals surface area contributed by atoms with Gasteiger partial charge in [0.25, 0.3) is 11.3 Å². The van der Waals surface area contributed by atoms with Gasteiger partial charge in [-0.05, 0) is 12.1 Å². The number of nitrogens with one attached hydrogen (secondary N) is 1. The minimum Gasteiger partial charge on any atom is -0.480 e. The van der Waals surface area contributed by atoms with Crippen LogP contribution in [0, 0.1) is 0 Å². The average Bonchev–Trinajstić information content (AvgIpc) is 2.80. The Kier molecular flexibility index (Phi) is 5.01. The van der Waals surface area contributed by atoms with E-state index in [4.69, 9.17) is 5.11 Å². The van der Waals surface area contributed by atoms with Crippen molar-refractivity contribution in [1.82, 2.24) is 10.3 Å². The first kappa shape index (κ1) is 14.9. The summed E-state index contributed by atoms with van der Waals surface area (Å²) in [5.41, 5.74) is 0.765. The lowest BCUT2D eigenvalue weighted by Gasteiger charge is -2.16. The Balaban J connectivity index is 2.08. The fourth-order valence-electron chi connectivity index (χ4n) is 1.58. The van der Waals surface area contributed by atoms with Crippen molar-refractivity contribution in [3.8, 4) is 0 Å². The average molecular weight is 315 g/mol. The van der Waals surface area contributed by atoms with Gasteiger partial charge in [0, 0.05) is 13.1 Å². The maximum atomic E-state index is 11.4. The topological polar surface area (TPSA) is 103 Å². The van der Waals surface area contributed by atoms with Crippen molar-refractivity contribution in [2.24, 2.45) is 0 Å². The number of fused-ring (bicyclic) bond motifs is 1. The Bertz CT molecular complexity index is 598. The third-order valence-electron chi connectivity index (χ3n) is 2.45. The molecular formula is C11H13N3O4S2. The molecule has 2 aromatic rings. The summed E-state index contributed by atoms with van der Waals surface area (Å²) < 4.78 is 22.8. The molecule has 3 N–H and O–H groups in total. The molecule has 0 fully saturated rings. The van der Waals surface area contributed by atoms with E-state index in [0.717, 1.165) is 10.2 Å². The van der Waals surface area contributed by atoms with Gasteiger partial charge < -0.3 is 10.4 Å². The SMILES string of the molecule is O=C(O)CNCCN(c1nc2ccccc2s1)S(=O)O. The molecule has 7 nitrogen and oxygen atoms in total. The Morgan fingerprint density at radius 2 is 2.20 bits per heavy atom. The molecule has 0 radical (unpaired) electrons. The zero-order chi connectivity index (χ0) is 14.5. The highest BCUT2D eigenvalue weighted by molar-refractivity contribution is 7.81. The Morgan fingerprint density at radius 1 is 1.45 bits per heavy atom. The van der Waals surface area contributed by atoms with E-state index < -0.39 is 17.2 Å². The van der Waals surface area contributed by atoms with E-state index in [0.29, 0.717) is 5.13 Å². The van der Waals surface area contributed by atoms with Gasteiger partial charge in [-0.1, -0.05) is 23.5 Å². The summed E-state index contributed by atoms with van der Waals surface area (Å²) in [6, 6.07) is 7.44. The lowest BCUT2D eigenvalue weighted by atomic mass is 10.3. The second kappa shape index (κ2) is 6.75. The number of carboxylic acids is 1. The van der Waals surface area contributed by atoms with Crippen LogP contribution in [0.15, 0.2) is 24.3 Å². The van der Waals surface area contributed by atoms with Crippen LogP contribution >= 0.6 is 11.3 Å². The second-order valence-electron chi connectivity index (χ2n) is 3.87. The predicted octanol–water partition coefficient (Wildman–Crippen LogP) is 0.914. The van der Waals surface area contributed by atoms with Gasteiger partial charge in [0.05, 0.1) is 16.8 Å². The molecule has 0 aliphatic rings. The first-order valence-electron chi connectivity index (χ1n) is 5.74. The largest absolute Gasteiger partial charge is 0.480 e. The first-order chi connectivity index (χ1) is 9.58. The van der Waals surface area contributed by atoms with Gasteiger partial charge >= 0.3 is 5.97 Å². The van der Waals surface area contributed by atoms with Crippen LogP contribution in [0.4, 0.5) is 5.13 Å². The van der Waals surface area contributed by atoms with E-state index in [1.54, 1.807) is 0 Å². The van der Waals surface area contributed by atoms with Crippen LogP contribution in [0.5, 0.6) is 0 Å². The number of hydrogen-bond donors (Lipinski definition) is 3. The van der Waals surface area contributed by atoms with E-state index in [-0.39, 0.29) is 19.6 Å². The van der Waals surface area contributed by atoms with Crippen LogP contribution in [0.2, 0.25) is 0 Å². The van der Waals surface area contributed by atoms with E-state index >= 15 is 0 Å². The predicted molar refractivity (Wildman–Crippen MR) is 78.2 cm³/mol. The highest BCUT2D eigenvalue weighted by atomic mass is 32.2. The number of anilines is 1. The molecule has 0 spiro atoms. The van der Waals surface area contributed by atoms with Gasteiger partial charge in [0.1, 0.15) is 0 Å². The number of aromatic nitrogens is 1. The number of para-hydroxylation sites is 1. The smallest absolute Gasteiger partial charge is 0.317 e. The number of thiazole rings is 1. The van der Waals surface area contributed by atoms with Gasteiger partial charge in [-0.15, -0.1) is 0 Å². The fourth-order valence-corrected chi connectivity index (χ4v) is 3.21. The van der Waals surface area contributed by atoms with Crippen LogP contribution in [0.25, 0.3) is 10.2 Å². The number of rotatable bonds is 7. The molecule has 1 heterocycles. The maximum absolute atomic E-state index is 11.4. The molecule has 0 aliphatic carbocycles. The summed E-state index contributed by atoms with van der Waals surface area (Å²) in [6.45, 7) is 0.274. The molecule has 108 valence electrons. The van der Waals surface area contributed by atoms with Crippen LogP contribution in [-0.4, -0.2) is 44.5 Å². The van der Waals surface area contributed by atoms with Gasteiger partial charge in [-0.25, -0.2) is 13.5 Å². The molecule has 2 rings (SSSR count). The molecule has 1 aromatic carbocycles. The monoisotopic (exact) mass is 315 g/mol.